The van der Waals surface area contributed by atoms with Gasteiger partial charge in [0.1, 0.15) is 11.9 Å². The van der Waals surface area contributed by atoms with Crippen LogP contribution in [0.5, 0.6) is 5.75 Å². The quantitative estimate of drug-likeness (QED) is 0.769. The van der Waals surface area contributed by atoms with Crippen LogP contribution in [0.4, 0.5) is 0 Å². The Kier molecular flexibility index (Phi) is 3.77. The lowest BCUT2D eigenvalue weighted by Crippen LogP contribution is -2.27. The van der Waals surface area contributed by atoms with Gasteiger partial charge in [-0.3, -0.25) is 0 Å². The zero-order chi connectivity index (χ0) is 9.68. The van der Waals surface area contributed by atoms with E-state index in [4.69, 9.17) is 4.74 Å². The molecule has 0 bridgehead atoms. The summed E-state index contributed by atoms with van der Waals surface area (Å²) in [7, 11) is 0. The molecule has 13 heavy (non-hydrogen) atoms. The second-order valence-electron chi connectivity index (χ2n) is 3.11. The normalized spacial score (nSPS) is 15.0. The van der Waals surface area contributed by atoms with Crippen molar-refractivity contribution in [2.75, 3.05) is 0 Å². The van der Waals surface area contributed by atoms with Crippen LogP contribution in [0.25, 0.3) is 0 Å². The van der Waals surface area contributed by atoms with E-state index in [1.54, 1.807) is 0 Å². The minimum absolute atomic E-state index is 0.146. The standard InChI is InChI=1S/C11H16O2/c1-3-11(12)9(2)13-10-7-5-4-6-8-10/h4-9,11-12H,3H2,1-2H3. The summed E-state index contributed by atoms with van der Waals surface area (Å²) in [4.78, 5) is 0. The summed E-state index contributed by atoms with van der Waals surface area (Å²) in [5.74, 6) is 0.808. The molecule has 0 aliphatic rings. The average Bonchev–Trinajstić information content (AvgIpc) is 2.18. The van der Waals surface area contributed by atoms with Crippen LogP contribution in [0.15, 0.2) is 30.3 Å². The van der Waals surface area contributed by atoms with Crippen LogP contribution in [0.2, 0.25) is 0 Å². The summed E-state index contributed by atoms with van der Waals surface area (Å²) in [6.07, 6.45) is 0.182. The third-order valence-corrected chi connectivity index (χ3v) is 2.03. The van der Waals surface area contributed by atoms with Crippen molar-refractivity contribution >= 4 is 0 Å². The Morgan fingerprint density at radius 1 is 1.31 bits per heavy atom. The van der Waals surface area contributed by atoms with Gasteiger partial charge in [0.25, 0.3) is 0 Å². The van der Waals surface area contributed by atoms with Gasteiger partial charge < -0.3 is 9.84 Å². The van der Waals surface area contributed by atoms with Crippen LogP contribution in [0, 0.1) is 0 Å². The van der Waals surface area contributed by atoms with E-state index in [1.807, 2.05) is 44.2 Å². The first kappa shape index (κ1) is 10.1. The largest absolute Gasteiger partial charge is 0.488 e. The molecule has 0 heterocycles. The van der Waals surface area contributed by atoms with E-state index < -0.39 is 0 Å². The van der Waals surface area contributed by atoms with Gasteiger partial charge in [-0.05, 0) is 25.5 Å². The SMILES string of the molecule is CCC(O)C(C)Oc1ccccc1. The highest BCUT2D eigenvalue weighted by atomic mass is 16.5. The number of hydrogen-bond donors (Lipinski definition) is 1. The molecule has 2 nitrogen and oxygen atoms in total. The summed E-state index contributed by atoms with van der Waals surface area (Å²) in [6.45, 7) is 3.82. The smallest absolute Gasteiger partial charge is 0.122 e. The van der Waals surface area contributed by atoms with Crippen molar-refractivity contribution < 1.29 is 9.84 Å². The Hall–Kier alpha value is -1.02. The fraction of sp³-hybridized carbons (Fsp3) is 0.455. The minimum atomic E-state index is -0.389. The second-order valence-corrected chi connectivity index (χ2v) is 3.11. The maximum Gasteiger partial charge on any atom is 0.122 e. The van der Waals surface area contributed by atoms with Crippen LogP contribution in [0.3, 0.4) is 0 Å². The molecular weight excluding hydrogens is 164 g/mol. The lowest BCUT2D eigenvalue weighted by atomic mass is 10.2. The number of benzene rings is 1. The van der Waals surface area contributed by atoms with Gasteiger partial charge in [0.05, 0.1) is 6.10 Å². The van der Waals surface area contributed by atoms with Crippen molar-refractivity contribution in [2.45, 2.75) is 32.5 Å². The van der Waals surface area contributed by atoms with Crippen LogP contribution in [-0.4, -0.2) is 17.3 Å². The number of hydrogen-bond acceptors (Lipinski definition) is 2. The van der Waals surface area contributed by atoms with Gasteiger partial charge in [-0.1, -0.05) is 25.1 Å². The van der Waals surface area contributed by atoms with Gasteiger partial charge in [-0.2, -0.15) is 0 Å². The fourth-order valence-electron chi connectivity index (χ4n) is 1.12. The van der Waals surface area contributed by atoms with Crippen molar-refractivity contribution in [3.8, 4) is 5.75 Å². The molecule has 1 aromatic rings. The van der Waals surface area contributed by atoms with Crippen molar-refractivity contribution in [3.05, 3.63) is 30.3 Å². The highest BCUT2D eigenvalue weighted by Gasteiger charge is 2.12. The molecular formula is C11H16O2. The van der Waals surface area contributed by atoms with Gasteiger partial charge in [0, 0.05) is 0 Å². The monoisotopic (exact) mass is 180 g/mol. The zero-order valence-electron chi connectivity index (χ0n) is 8.10. The first-order valence-electron chi connectivity index (χ1n) is 4.63. The molecule has 2 unspecified atom stereocenters. The Morgan fingerprint density at radius 3 is 2.46 bits per heavy atom. The zero-order valence-corrected chi connectivity index (χ0v) is 8.10. The molecule has 0 aliphatic heterocycles. The fourth-order valence-corrected chi connectivity index (χ4v) is 1.12. The minimum Gasteiger partial charge on any atom is -0.488 e. The molecule has 1 rings (SSSR count). The van der Waals surface area contributed by atoms with E-state index in [1.165, 1.54) is 0 Å². The van der Waals surface area contributed by atoms with Gasteiger partial charge >= 0.3 is 0 Å². The van der Waals surface area contributed by atoms with E-state index >= 15 is 0 Å². The molecule has 0 radical (unpaired) electrons. The van der Waals surface area contributed by atoms with Gasteiger partial charge in [0.15, 0.2) is 0 Å². The summed E-state index contributed by atoms with van der Waals surface area (Å²) >= 11 is 0. The first-order chi connectivity index (χ1) is 6.24. The van der Waals surface area contributed by atoms with Crippen molar-refractivity contribution in [2.24, 2.45) is 0 Å². The number of para-hydroxylation sites is 1. The maximum atomic E-state index is 9.46. The molecule has 0 saturated heterocycles. The number of aliphatic hydroxyl groups excluding tert-OH is 1. The molecule has 0 fully saturated rings. The lowest BCUT2D eigenvalue weighted by molar-refractivity contribution is 0.0451. The molecule has 1 N–H and O–H groups in total. The number of ether oxygens (including phenoxy) is 1. The van der Waals surface area contributed by atoms with Crippen LogP contribution >= 0.6 is 0 Å². The van der Waals surface area contributed by atoms with Gasteiger partial charge in [0.2, 0.25) is 0 Å². The summed E-state index contributed by atoms with van der Waals surface area (Å²) in [5.41, 5.74) is 0. The summed E-state index contributed by atoms with van der Waals surface area (Å²) in [5, 5.41) is 9.46. The molecule has 0 aromatic heterocycles. The highest BCUT2D eigenvalue weighted by molar-refractivity contribution is 5.21. The van der Waals surface area contributed by atoms with Crippen LogP contribution < -0.4 is 4.74 Å². The Balaban J connectivity index is 2.50. The Bertz CT molecular complexity index is 233. The van der Waals surface area contributed by atoms with E-state index in [9.17, 15) is 5.11 Å². The van der Waals surface area contributed by atoms with Gasteiger partial charge in [-0.15, -0.1) is 0 Å². The Labute approximate surface area is 79.2 Å². The summed E-state index contributed by atoms with van der Waals surface area (Å²) in [6, 6.07) is 9.55. The maximum absolute atomic E-state index is 9.46. The molecule has 0 spiro atoms. The molecule has 0 saturated carbocycles. The second kappa shape index (κ2) is 4.87. The number of rotatable bonds is 4. The molecule has 1 aromatic carbocycles. The predicted octanol–water partition coefficient (Wildman–Crippen LogP) is 2.22. The Morgan fingerprint density at radius 2 is 1.92 bits per heavy atom. The topological polar surface area (TPSA) is 29.5 Å². The van der Waals surface area contributed by atoms with Crippen molar-refractivity contribution in [3.63, 3.8) is 0 Å². The molecule has 72 valence electrons. The van der Waals surface area contributed by atoms with Gasteiger partial charge in [-0.25, -0.2) is 0 Å². The van der Waals surface area contributed by atoms with Crippen molar-refractivity contribution in [1.29, 1.82) is 0 Å². The molecule has 0 amide bonds. The predicted molar refractivity (Wildman–Crippen MR) is 52.8 cm³/mol. The average molecular weight is 180 g/mol. The van der Waals surface area contributed by atoms with E-state index in [-0.39, 0.29) is 12.2 Å². The third kappa shape index (κ3) is 3.07. The highest BCUT2D eigenvalue weighted by Crippen LogP contribution is 2.13. The lowest BCUT2D eigenvalue weighted by Gasteiger charge is -2.18. The first-order valence-corrected chi connectivity index (χ1v) is 4.63. The number of aliphatic hydroxyl groups is 1. The van der Waals surface area contributed by atoms with Crippen LogP contribution in [-0.2, 0) is 0 Å². The third-order valence-electron chi connectivity index (χ3n) is 2.03. The molecule has 0 aliphatic carbocycles. The van der Waals surface area contributed by atoms with E-state index in [0.29, 0.717) is 6.42 Å². The molecule has 2 heteroatoms. The van der Waals surface area contributed by atoms with Crippen LogP contribution in [0.1, 0.15) is 20.3 Å². The van der Waals surface area contributed by atoms with E-state index in [2.05, 4.69) is 0 Å². The van der Waals surface area contributed by atoms with Crippen molar-refractivity contribution in [1.82, 2.24) is 0 Å². The molecule has 2 atom stereocenters. The summed E-state index contributed by atoms with van der Waals surface area (Å²) < 4.78 is 5.52. The van der Waals surface area contributed by atoms with E-state index in [0.717, 1.165) is 5.75 Å².